The van der Waals surface area contributed by atoms with Crippen LogP contribution in [0.5, 0.6) is 0 Å². The molecule has 1 nitrogen and oxygen atoms in total. The third-order valence-electron chi connectivity index (χ3n) is 4.47. The summed E-state index contributed by atoms with van der Waals surface area (Å²) in [6.07, 6.45) is 9.31. The van der Waals surface area contributed by atoms with Gasteiger partial charge in [-0.2, -0.15) is 0 Å². The maximum Gasteiger partial charge on any atom is 0.179 e. The minimum absolute atomic E-state index is 0.796. The molecule has 88 valence electrons. The second kappa shape index (κ2) is 3.81. The van der Waals surface area contributed by atoms with E-state index < -0.39 is 0 Å². The zero-order chi connectivity index (χ0) is 11.2. The van der Waals surface area contributed by atoms with Gasteiger partial charge in [0.15, 0.2) is 12.3 Å². The fraction of sp³-hybridized carbons (Fsp3) is 0.533. The summed E-state index contributed by atoms with van der Waals surface area (Å²) >= 11 is 1.91. The molecule has 1 atom stereocenters. The Morgan fingerprint density at radius 1 is 1.24 bits per heavy atom. The summed E-state index contributed by atoms with van der Waals surface area (Å²) < 4.78 is 2.68. The molecule has 0 N–H and O–H groups in total. The molecule has 1 unspecified atom stereocenters. The van der Waals surface area contributed by atoms with Gasteiger partial charge in [-0.15, -0.1) is 11.3 Å². The number of rotatable bonds is 0. The van der Waals surface area contributed by atoms with E-state index in [1.54, 1.807) is 16.8 Å². The second-order valence-electron chi connectivity index (χ2n) is 5.51. The summed E-state index contributed by atoms with van der Waals surface area (Å²) in [6.45, 7) is 2.59. The third kappa shape index (κ3) is 1.54. The molecule has 1 aromatic rings. The fourth-order valence-electron chi connectivity index (χ4n) is 3.62. The number of hydrogen-bond acceptors (Lipinski definition) is 1. The smallest absolute Gasteiger partial charge is 0.179 e. The summed E-state index contributed by atoms with van der Waals surface area (Å²) in [7, 11) is 0. The molecule has 3 heterocycles. The molecule has 3 aliphatic rings. The second-order valence-corrected chi connectivity index (χ2v) is 6.46. The first-order chi connectivity index (χ1) is 8.42. The van der Waals surface area contributed by atoms with Crippen LogP contribution in [0.2, 0.25) is 0 Å². The summed E-state index contributed by atoms with van der Waals surface area (Å²) in [4.78, 5) is 1.52. The van der Waals surface area contributed by atoms with E-state index in [4.69, 9.17) is 0 Å². The predicted octanol–water partition coefficient (Wildman–Crippen LogP) is 3.34. The molecular formula is C15H18NS+. The van der Waals surface area contributed by atoms with E-state index in [2.05, 4.69) is 22.1 Å². The van der Waals surface area contributed by atoms with Crippen molar-refractivity contribution in [2.24, 2.45) is 5.92 Å². The van der Waals surface area contributed by atoms with E-state index in [0.717, 1.165) is 5.92 Å². The van der Waals surface area contributed by atoms with E-state index in [1.165, 1.54) is 50.1 Å². The van der Waals surface area contributed by atoms with Crippen molar-refractivity contribution in [3.8, 4) is 0 Å². The lowest BCUT2D eigenvalue weighted by Crippen LogP contribution is -2.17. The van der Waals surface area contributed by atoms with Gasteiger partial charge in [-0.25, -0.2) is 4.58 Å². The monoisotopic (exact) mass is 244 g/mol. The van der Waals surface area contributed by atoms with Crippen LogP contribution in [0.15, 0.2) is 17.0 Å². The first kappa shape index (κ1) is 10.1. The van der Waals surface area contributed by atoms with Gasteiger partial charge >= 0.3 is 0 Å². The number of nitrogens with zero attached hydrogens (tertiary/aromatic N) is 1. The van der Waals surface area contributed by atoms with Crippen LogP contribution in [-0.2, 0) is 6.42 Å². The largest absolute Gasteiger partial charge is 0.233 e. The molecule has 0 fully saturated rings. The highest BCUT2D eigenvalue weighted by molar-refractivity contribution is 7.11. The van der Waals surface area contributed by atoms with Crippen molar-refractivity contribution in [2.45, 2.75) is 32.1 Å². The van der Waals surface area contributed by atoms with Crippen LogP contribution >= 0.6 is 11.3 Å². The minimum atomic E-state index is 0.796. The zero-order valence-corrected chi connectivity index (χ0v) is 10.9. The van der Waals surface area contributed by atoms with Gasteiger partial charge in [-0.3, -0.25) is 0 Å². The van der Waals surface area contributed by atoms with Gasteiger partial charge in [0.05, 0.1) is 5.92 Å². The Morgan fingerprint density at radius 3 is 3.24 bits per heavy atom. The topological polar surface area (TPSA) is 3.01 Å². The van der Waals surface area contributed by atoms with Crippen LogP contribution in [0.1, 0.15) is 36.1 Å². The molecule has 1 aliphatic carbocycles. The lowest BCUT2D eigenvalue weighted by molar-refractivity contribution is -0.525. The molecule has 0 aromatic carbocycles. The first-order valence-corrected chi connectivity index (χ1v) is 7.69. The van der Waals surface area contributed by atoms with Crippen LogP contribution in [-0.4, -0.2) is 23.4 Å². The van der Waals surface area contributed by atoms with Crippen molar-refractivity contribution in [1.29, 1.82) is 0 Å². The molecule has 0 bridgehead atoms. The number of thiophene rings is 1. The standard InChI is InChI=1S/C15H18NS/c1-2-4-14-13-9-15-11(5-7-17-15)8-12(13)10-16(14)6-3-1/h5,7,9,12H,1-4,6,8,10H2/q+1. The Morgan fingerprint density at radius 2 is 2.24 bits per heavy atom. The van der Waals surface area contributed by atoms with Crippen LogP contribution in [0, 0.1) is 5.92 Å². The molecule has 0 saturated heterocycles. The molecule has 1 aromatic heterocycles. The van der Waals surface area contributed by atoms with Crippen molar-refractivity contribution in [1.82, 2.24) is 0 Å². The van der Waals surface area contributed by atoms with Gasteiger partial charge in [0.2, 0.25) is 0 Å². The maximum atomic E-state index is 2.68. The lowest BCUT2D eigenvalue weighted by Gasteiger charge is -2.15. The van der Waals surface area contributed by atoms with Gasteiger partial charge in [0.25, 0.3) is 0 Å². The van der Waals surface area contributed by atoms with E-state index in [9.17, 15) is 0 Å². The Bertz CT molecular complexity index is 521. The zero-order valence-electron chi connectivity index (χ0n) is 10.1. The molecule has 0 spiro atoms. The quantitative estimate of drug-likeness (QED) is 0.616. The lowest BCUT2D eigenvalue weighted by atomic mass is 9.85. The van der Waals surface area contributed by atoms with Crippen molar-refractivity contribution in [2.75, 3.05) is 13.1 Å². The summed E-state index contributed by atoms with van der Waals surface area (Å²) in [5.74, 6) is 0.796. The molecule has 17 heavy (non-hydrogen) atoms. The van der Waals surface area contributed by atoms with Gasteiger partial charge in [0.1, 0.15) is 6.54 Å². The molecule has 2 heteroatoms. The predicted molar refractivity (Wildman–Crippen MR) is 73.0 cm³/mol. The van der Waals surface area contributed by atoms with Crippen molar-refractivity contribution < 1.29 is 4.58 Å². The summed E-state index contributed by atoms with van der Waals surface area (Å²) in [5.41, 5.74) is 4.95. The highest BCUT2D eigenvalue weighted by Gasteiger charge is 2.39. The Kier molecular flexibility index (Phi) is 2.26. The van der Waals surface area contributed by atoms with Crippen molar-refractivity contribution in [3.63, 3.8) is 0 Å². The minimum Gasteiger partial charge on any atom is -0.233 e. The van der Waals surface area contributed by atoms with Crippen LogP contribution in [0.3, 0.4) is 0 Å². The van der Waals surface area contributed by atoms with Gasteiger partial charge in [-0.05, 0) is 42.3 Å². The van der Waals surface area contributed by atoms with Crippen LogP contribution in [0.4, 0.5) is 0 Å². The highest BCUT2D eigenvalue weighted by atomic mass is 32.1. The molecule has 2 aliphatic heterocycles. The highest BCUT2D eigenvalue weighted by Crippen LogP contribution is 2.37. The average molecular weight is 244 g/mol. The molecule has 0 amide bonds. The van der Waals surface area contributed by atoms with E-state index in [0.29, 0.717) is 0 Å². The normalized spacial score (nSPS) is 27.1. The average Bonchev–Trinajstić information content (AvgIpc) is 2.84. The summed E-state index contributed by atoms with van der Waals surface area (Å²) in [5, 5.41) is 2.25. The Hall–Kier alpha value is -0.890. The van der Waals surface area contributed by atoms with Gasteiger partial charge in [-0.1, -0.05) is 0 Å². The molecule has 0 saturated carbocycles. The Balaban J connectivity index is 1.78. The Labute approximate surface area is 106 Å². The van der Waals surface area contributed by atoms with Gasteiger partial charge < -0.3 is 0 Å². The summed E-state index contributed by atoms with van der Waals surface area (Å²) in [6, 6.07) is 2.32. The first-order valence-electron chi connectivity index (χ1n) is 6.81. The van der Waals surface area contributed by atoms with Crippen LogP contribution < -0.4 is 0 Å². The third-order valence-corrected chi connectivity index (χ3v) is 5.38. The SMILES string of the molecule is C1=C2C3=[N+](CCCCC3)CC2Cc2ccsc21. The van der Waals surface area contributed by atoms with Crippen molar-refractivity contribution in [3.05, 3.63) is 27.5 Å². The van der Waals surface area contributed by atoms with Gasteiger partial charge in [0, 0.05) is 23.3 Å². The fourth-order valence-corrected chi connectivity index (χ4v) is 4.50. The number of fused-ring (bicyclic) bond motifs is 3. The molecule has 0 radical (unpaired) electrons. The maximum absolute atomic E-state index is 2.68. The van der Waals surface area contributed by atoms with E-state index in [-0.39, 0.29) is 0 Å². The van der Waals surface area contributed by atoms with E-state index in [1.807, 2.05) is 11.3 Å². The van der Waals surface area contributed by atoms with Crippen molar-refractivity contribution >= 4 is 23.1 Å². The van der Waals surface area contributed by atoms with Crippen LogP contribution in [0.25, 0.3) is 6.08 Å². The van der Waals surface area contributed by atoms with E-state index >= 15 is 0 Å². The number of hydrogen-bond donors (Lipinski definition) is 0. The molecule has 4 rings (SSSR count). The molecular weight excluding hydrogens is 226 g/mol.